The summed E-state index contributed by atoms with van der Waals surface area (Å²) in [5.74, 6) is 0.178. The molecule has 1 unspecified atom stereocenters. The molecule has 0 radical (unpaired) electrons. The van der Waals surface area contributed by atoms with Gasteiger partial charge in [-0.1, -0.05) is 0 Å². The van der Waals surface area contributed by atoms with Gasteiger partial charge in [0.25, 0.3) is 5.91 Å². The summed E-state index contributed by atoms with van der Waals surface area (Å²) >= 11 is 1.40. The van der Waals surface area contributed by atoms with Gasteiger partial charge >= 0.3 is 6.03 Å². The zero-order chi connectivity index (χ0) is 14.5. The maximum atomic E-state index is 12.3. The zero-order valence-corrected chi connectivity index (χ0v) is 12.0. The number of nitrogens with zero attached hydrogens (tertiary/aromatic N) is 2. The number of carbonyl (C=O) groups is 2. The average molecular weight is 297 g/mol. The largest absolute Gasteiger partial charge is 0.352 e. The van der Waals surface area contributed by atoms with Gasteiger partial charge in [-0.25, -0.2) is 9.78 Å². The van der Waals surface area contributed by atoms with Crippen molar-refractivity contribution in [1.82, 2.24) is 15.2 Å². The summed E-state index contributed by atoms with van der Waals surface area (Å²) in [6, 6.07) is -0.527. The van der Waals surface area contributed by atoms with Crippen molar-refractivity contribution < 1.29 is 9.59 Å². The van der Waals surface area contributed by atoms with Gasteiger partial charge in [0.1, 0.15) is 10.7 Å². The summed E-state index contributed by atoms with van der Waals surface area (Å²) in [6.45, 7) is 2.20. The Bertz CT molecular complexity index is 490. The Balaban J connectivity index is 1.94. The van der Waals surface area contributed by atoms with Crippen LogP contribution in [-0.4, -0.2) is 41.5 Å². The normalized spacial score (nSPS) is 18.9. The van der Waals surface area contributed by atoms with E-state index in [9.17, 15) is 9.59 Å². The number of primary amides is 1. The molecule has 0 aliphatic carbocycles. The van der Waals surface area contributed by atoms with Crippen LogP contribution in [0.4, 0.5) is 4.79 Å². The summed E-state index contributed by atoms with van der Waals surface area (Å²) in [7, 11) is 0. The molecule has 1 aromatic heterocycles. The molecule has 2 heterocycles. The fraction of sp³-hybridized carbons (Fsp3) is 0.583. The molecule has 3 amide bonds. The molecule has 1 aromatic rings. The molecule has 1 aliphatic rings. The average Bonchev–Trinajstić information content (AvgIpc) is 2.93. The highest BCUT2D eigenvalue weighted by atomic mass is 32.1. The monoisotopic (exact) mass is 297 g/mol. The van der Waals surface area contributed by atoms with Gasteiger partial charge in [-0.15, -0.1) is 11.3 Å². The van der Waals surface area contributed by atoms with E-state index < -0.39 is 6.03 Å². The van der Waals surface area contributed by atoms with E-state index in [-0.39, 0.29) is 11.8 Å². The lowest BCUT2D eigenvalue weighted by Gasteiger charge is -2.32. The fourth-order valence-electron chi connectivity index (χ4n) is 2.33. The third kappa shape index (κ3) is 3.67. The number of carbonyl (C=O) groups excluding carboxylic acids is 2. The maximum Gasteiger partial charge on any atom is 0.312 e. The highest BCUT2D eigenvalue weighted by Gasteiger charge is 2.25. The minimum atomic E-state index is -0.527. The first-order valence-electron chi connectivity index (χ1n) is 6.57. The molecule has 0 aromatic carbocycles. The summed E-state index contributed by atoms with van der Waals surface area (Å²) in [4.78, 5) is 29.1. The Hall–Kier alpha value is -1.67. The van der Waals surface area contributed by atoms with Gasteiger partial charge in [0.15, 0.2) is 0 Å². The molecule has 110 valence electrons. The first kappa shape index (κ1) is 14.7. The number of nitrogens with two attached hydrogens (primary N) is 2. The Morgan fingerprint density at radius 1 is 1.55 bits per heavy atom. The third-order valence-electron chi connectivity index (χ3n) is 3.32. The van der Waals surface area contributed by atoms with Crippen LogP contribution in [0.1, 0.15) is 28.3 Å². The van der Waals surface area contributed by atoms with Crippen molar-refractivity contribution in [1.29, 1.82) is 0 Å². The number of aromatic nitrogens is 1. The molecule has 0 spiro atoms. The molecule has 0 bridgehead atoms. The Morgan fingerprint density at radius 3 is 3.00 bits per heavy atom. The van der Waals surface area contributed by atoms with E-state index in [1.54, 1.807) is 10.3 Å². The number of hydrogen-bond acceptors (Lipinski definition) is 5. The van der Waals surface area contributed by atoms with Crippen LogP contribution in [-0.2, 0) is 6.54 Å². The SMILES string of the molecule is NCc1nc(C(=O)N2CCCC(CNC(N)=O)C2)cs1. The highest BCUT2D eigenvalue weighted by Crippen LogP contribution is 2.19. The molecule has 0 saturated carbocycles. The van der Waals surface area contributed by atoms with Crippen LogP contribution in [0.25, 0.3) is 0 Å². The van der Waals surface area contributed by atoms with Crippen molar-refractivity contribution in [2.45, 2.75) is 19.4 Å². The van der Waals surface area contributed by atoms with Gasteiger partial charge in [0.05, 0.1) is 0 Å². The molecule has 5 N–H and O–H groups in total. The summed E-state index contributed by atoms with van der Waals surface area (Å²) in [5, 5.41) is 5.11. The summed E-state index contributed by atoms with van der Waals surface area (Å²) in [6.07, 6.45) is 1.90. The molecule has 1 fully saturated rings. The second kappa shape index (κ2) is 6.67. The standard InChI is InChI=1S/C12H19N5O2S/c13-4-10-16-9(7-20-10)11(18)17-3-1-2-8(6-17)5-15-12(14)19/h7-8H,1-6,13H2,(H3,14,15,19). The quantitative estimate of drug-likeness (QED) is 0.732. The van der Waals surface area contributed by atoms with Crippen LogP contribution in [0.15, 0.2) is 5.38 Å². The molecule has 1 aliphatic heterocycles. The number of amides is 3. The van der Waals surface area contributed by atoms with Crippen molar-refractivity contribution in [2.75, 3.05) is 19.6 Å². The number of thiazole rings is 1. The van der Waals surface area contributed by atoms with Gasteiger partial charge in [-0.2, -0.15) is 0 Å². The topological polar surface area (TPSA) is 114 Å². The van der Waals surface area contributed by atoms with Crippen molar-refractivity contribution in [3.63, 3.8) is 0 Å². The minimum absolute atomic E-state index is 0.0651. The van der Waals surface area contributed by atoms with Crippen LogP contribution in [0.5, 0.6) is 0 Å². The smallest absolute Gasteiger partial charge is 0.312 e. The second-order valence-electron chi connectivity index (χ2n) is 4.84. The van der Waals surface area contributed by atoms with E-state index in [1.807, 2.05) is 0 Å². The minimum Gasteiger partial charge on any atom is -0.352 e. The molecular formula is C12H19N5O2S. The van der Waals surface area contributed by atoms with Gasteiger partial charge < -0.3 is 21.7 Å². The zero-order valence-electron chi connectivity index (χ0n) is 11.2. The molecule has 8 heteroatoms. The van der Waals surface area contributed by atoms with Crippen molar-refractivity contribution in [3.8, 4) is 0 Å². The number of rotatable bonds is 4. The molecular weight excluding hydrogens is 278 g/mol. The van der Waals surface area contributed by atoms with Gasteiger partial charge in [-0.05, 0) is 18.8 Å². The van der Waals surface area contributed by atoms with Crippen molar-refractivity contribution in [3.05, 3.63) is 16.1 Å². The maximum absolute atomic E-state index is 12.3. The van der Waals surface area contributed by atoms with E-state index in [1.165, 1.54) is 11.3 Å². The van der Waals surface area contributed by atoms with E-state index in [0.717, 1.165) is 24.4 Å². The van der Waals surface area contributed by atoms with Crippen LogP contribution in [0.2, 0.25) is 0 Å². The number of likely N-dealkylation sites (tertiary alicyclic amines) is 1. The van der Waals surface area contributed by atoms with Gasteiger partial charge in [0.2, 0.25) is 0 Å². The predicted octanol–water partition coefficient (Wildman–Crippen LogP) is 0.122. The van der Waals surface area contributed by atoms with E-state index in [2.05, 4.69) is 10.3 Å². The lowest BCUT2D eigenvalue weighted by Crippen LogP contribution is -2.44. The second-order valence-corrected chi connectivity index (χ2v) is 5.78. The number of urea groups is 1. The predicted molar refractivity (Wildman–Crippen MR) is 76.2 cm³/mol. The van der Waals surface area contributed by atoms with E-state index in [4.69, 9.17) is 11.5 Å². The molecule has 7 nitrogen and oxygen atoms in total. The van der Waals surface area contributed by atoms with Crippen LogP contribution in [0, 0.1) is 5.92 Å². The van der Waals surface area contributed by atoms with Crippen LogP contribution in [0.3, 0.4) is 0 Å². The summed E-state index contributed by atoms with van der Waals surface area (Å²) in [5.41, 5.74) is 11.0. The molecule has 1 atom stereocenters. The third-order valence-corrected chi connectivity index (χ3v) is 4.19. The molecule has 1 saturated heterocycles. The van der Waals surface area contributed by atoms with Crippen molar-refractivity contribution >= 4 is 23.3 Å². The fourth-order valence-corrected chi connectivity index (χ4v) is 2.97. The van der Waals surface area contributed by atoms with Crippen LogP contribution >= 0.6 is 11.3 Å². The lowest BCUT2D eigenvalue weighted by molar-refractivity contribution is 0.0669. The van der Waals surface area contributed by atoms with E-state index in [0.29, 0.717) is 25.3 Å². The Labute approximate surface area is 121 Å². The highest BCUT2D eigenvalue weighted by molar-refractivity contribution is 7.09. The first-order valence-corrected chi connectivity index (χ1v) is 7.45. The molecule has 20 heavy (non-hydrogen) atoms. The van der Waals surface area contributed by atoms with Gasteiger partial charge in [-0.3, -0.25) is 4.79 Å². The lowest BCUT2D eigenvalue weighted by atomic mass is 9.98. The Morgan fingerprint density at radius 2 is 2.35 bits per heavy atom. The number of piperidine rings is 1. The van der Waals surface area contributed by atoms with E-state index >= 15 is 0 Å². The summed E-state index contributed by atoms with van der Waals surface area (Å²) < 4.78 is 0. The molecule has 2 rings (SSSR count). The van der Waals surface area contributed by atoms with Gasteiger partial charge in [0, 0.05) is 31.6 Å². The number of hydrogen-bond donors (Lipinski definition) is 3. The number of nitrogens with one attached hydrogen (secondary N) is 1. The first-order chi connectivity index (χ1) is 9.60. The Kier molecular flexibility index (Phi) is 4.91. The van der Waals surface area contributed by atoms with Crippen LogP contribution < -0.4 is 16.8 Å². The van der Waals surface area contributed by atoms with Crippen molar-refractivity contribution in [2.24, 2.45) is 17.4 Å².